The summed E-state index contributed by atoms with van der Waals surface area (Å²) < 4.78 is 409. The minimum atomic E-state index is -10.1. The van der Waals surface area contributed by atoms with Crippen LogP contribution in [-0.2, 0) is 4.79 Å². The van der Waals surface area contributed by atoms with Gasteiger partial charge in [0, 0.05) is 0 Å². The molecule has 0 aromatic heterocycles. The van der Waals surface area contributed by atoms with E-state index >= 15 is 0 Å². The van der Waals surface area contributed by atoms with Gasteiger partial charge in [-0.25, -0.2) is 0 Å². The molecule has 0 aliphatic heterocycles. The van der Waals surface area contributed by atoms with Gasteiger partial charge in [0.25, 0.3) is 6.29 Å². The summed E-state index contributed by atoms with van der Waals surface area (Å²) in [6.07, 6.45) is -9.98. The lowest BCUT2D eigenvalue weighted by Gasteiger charge is -2.46. The van der Waals surface area contributed by atoms with E-state index in [-0.39, 0.29) is 0 Å². The fourth-order valence-electron chi connectivity index (χ4n) is 2.61. The summed E-state index contributed by atoms with van der Waals surface area (Å²) in [5.74, 6) is -133. The molecule has 0 spiro atoms. The van der Waals surface area contributed by atoms with Crippen molar-refractivity contribution in [2.75, 3.05) is 0 Å². The molecular formula is C16F31O. The summed E-state index contributed by atoms with van der Waals surface area (Å²) >= 11 is 0. The van der Waals surface area contributed by atoms with E-state index in [1.807, 2.05) is 0 Å². The minimum absolute atomic E-state index is 1.63. The van der Waals surface area contributed by atoms with Crippen LogP contribution in [0.1, 0.15) is 0 Å². The molecule has 0 aliphatic rings. The van der Waals surface area contributed by atoms with Crippen molar-refractivity contribution in [2.24, 2.45) is 0 Å². The third-order valence-electron chi connectivity index (χ3n) is 5.61. The van der Waals surface area contributed by atoms with Crippen molar-refractivity contribution in [3.05, 3.63) is 0 Å². The molecule has 0 aromatic carbocycles. The van der Waals surface area contributed by atoms with Gasteiger partial charge in [-0.3, -0.25) is 4.79 Å². The Balaban J connectivity index is 7.65. The topological polar surface area (TPSA) is 17.1 Å². The second kappa shape index (κ2) is 10.8. The molecule has 0 heterocycles. The first-order chi connectivity index (χ1) is 20.1. The third kappa shape index (κ3) is 4.91. The Morgan fingerprint density at radius 2 is 0.333 bits per heavy atom. The zero-order valence-corrected chi connectivity index (χ0v) is 20.1. The molecule has 0 atom stereocenters. The van der Waals surface area contributed by atoms with Crippen LogP contribution in [0.5, 0.6) is 0 Å². The maximum atomic E-state index is 13.7. The van der Waals surface area contributed by atoms with Crippen LogP contribution in [-0.4, -0.2) is 95.4 Å². The van der Waals surface area contributed by atoms with Gasteiger partial charge < -0.3 is 0 Å². The molecule has 1 radical (unpaired) electrons. The van der Waals surface area contributed by atoms with Crippen molar-refractivity contribution < 1.29 is 141 Å². The molecule has 287 valence electrons. The van der Waals surface area contributed by atoms with Crippen molar-refractivity contribution in [3.8, 4) is 0 Å². The van der Waals surface area contributed by atoms with E-state index in [0.717, 1.165) is 0 Å². The zero-order chi connectivity index (χ0) is 40.2. The quantitative estimate of drug-likeness (QED) is 0.160. The molecule has 0 bridgehead atoms. The summed E-state index contributed by atoms with van der Waals surface area (Å²) in [5, 5.41) is 0. The van der Waals surface area contributed by atoms with Crippen molar-refractivity contribution >= 4 is 6.29 Å². The Labute approximate surface area is 238 Å². The first-order valence-corrected chi connectivity index (χ1v) is 9.81. The maximum absolute atomic E-state index is 13.7. The average molecular weight is 797 g/mol. The smallest absolute Gasteiger partial charge is 0.283 e. The fraction of sp³-hybridized carbons (Fsp3) is 0.938. The van der Waals surface area contributed by atoms with E-state index in [4.69, 9.17) is 0 Å². The molecule has 0 aliphatic carbocycles. The summed E-state index contributed by atoms with van der Waals surface area (Å²) in [7, 11) is 0. The van der Waals surface area contributed by atoms with Crippen molar-refractivity contribution in [2.45, 2.75) is 89.1 Å². The highest BCUT2D eigenvalue weighted by atomic mass is 19.4. The predicted octanol–water partition coefficient (Wildman–Crippen LogP) is 9.55. The highest BCUT2D eigenvalue weighted by Gasteiger charge is 3.01. The molecule has 0 fully saturated rings. The summed E-state index contributed by atoms with van der Waals surface area (Å²) in [6.45, 7) is 0. The first kappa shape index (κ1) is 45.5. The Kier molecular flexibility index (Phi) is 10.2. The molecule has 0 N–H and O–H groups in total. The average Bonchev–Trinajstić information content (AvgIpc) is 2.86. The third-order valence-corrected chi connectivity index (χ3v) is 5.61. The Bertz CT molecular complexity index is 1200. The van der Waals surface area contributed by atoms with Crippen LogP contribution in [0.15, 0.2) is 0 Å². The number of halogens is 31. The lowest BCUT2D eigenvalue weighted by molar-refractivity contribution is -0.488. The van der Waals surface area contributed by atoms with Gasteiger partial charge in [-0.15, -0.1) is 0 Å². The molecule has 0 amide bonds. The maximum Gasteiger partial charge on any atom is 0.460 e. The predicted molar refractivity (Wildman–Crippen MR) is 81.0 cm³/mol. The first-order valence-electron chi connectivity index (χ1n) is 9.81. The van der Waals surface area contributed by atoms with E-state index in [1.54, 1.807) is 0 Å². The van der Waals surface area contributed by atoms with Gasteiger partial charge >= 0.3 is 89.1 Å². The molecule has 0 aromatic rings. The van der Waals surface area contributed by atoms with Gasteiger partial charge in [0.05, 0.1) is 0 Å². The van der Waals surface area contributed by atoms with Crippen LogP contribution < -0.4 is 0 Å². The van der Waals surface area contributed by atoms with Crippen LogP contribution in [0.25, 0.3) is 0 Å². The van der Waals surface area contributed by atoms with Crippen molar-refractivity contribution in [3.63, 3.8) is 0 Å². The monoisotopic (exact) mass is 797 g/mol. The second-order valence-electron chi connectivity index (χ2n) is 8.64. The minimum Gasteiger partial charge on any atom is -0.283 e. The van der Waals surface area contributed by atoms with Crippen LogP contribution >= 0.6 is 0 Å². The van der Waals surface area contributed by atoms with Gasteiger partial charge in [-0.1, -0.05) is 0 Å². The lowest BCUT2D eigenvalue weighted by Crippen LogP contribution is -2.79. The number of hydrogen-bond donors (Lipinski definition) is 0. The summed E-state index contributed by atoms with van der Waals surface area (Å²) in [6, 6.07) is 0. The molecule has 0 rings (SSSR count). The molecule has 0 saturated heterocycles. The van der Waals surface area contributed by atoms with E-state index in [2.05, 4.69) is 0 Å². The fourth-order valence-corrected chi connectivity index (χ4v) is 2.61. The zero-order valence-electron chi connectivity index (χ0n) is 20.1. The highest BCUT2D eigenvalue weighted by Crippen LogP contribution is 2.69. The van der Waals surface area contributed by atoms with Crippen molar-refractivity contribution in [1.29, 1.82) is 0 Å². The Morgan fingerprint density at radius 1 is 0.208 bits per heavy atom. The summed E-state index contributed by atoms with van der Waals surface area (Å²) in [4.78, 5) is 9.60. The van der Waals surface area contributed by atoms with Crippen LogP contribution in [0.4, 0.5) is 136 Å². The molecular weight excluding hydrogens is 797 g/mol. The van der Waals surface area contributed by atoms with Gasteiger partial charge in [0.1, 0.15) is 0 Å². The van der Waals surface area contributed by atoms with Gasteiger partial charge in [-0.2, -0.15) is 136 Å². The number of carbonyl (C=O) groups excluding carboxylic acids is 1. The van der Waals surface area contributed by atoms with Gasteiger partial charge in [0.15, 0.2) is 0 Å². The normalized spacial score (nSPS) is 17.1. The number of rotatable bonds is 14. The lowest BCUT2D eigenvalue weighted by atomic mass is 9.83. The van der Waals surface area contributed by atoms with Gasteiger partial charge in [-0.05, 0) is 0 Å². The van der Waals surface area contributed by atoms with Gasteiger partial charge in [0.2, 0.25) is 0 Å². The van der Waals surface area contributed by atoms with Crippen LogP contribution in [0.3, 0.4) is 0 Å². The van der Waals surface area contributed by atoms with Crippen LogP contribution in [0.2, 0.25) is 0 Å². The molecule has 48 heavy (non-hydrogen) atoms. The van der Waals surface area contributed by atoms with E-state index in [9.17, 15) is 141 Å². The number of hydrogen-bond acceptors (Lipinski definition) is 1. The molecule has 0 saturated carbocycles. The van der Waals surface area contributed by atoms with Crippen LogP contribution in [0, 0.1) is 0 Å². The molecule has 32 heteroatoms. The number of alkyl halides is 31. The highest BCUT2D eigenvalue weighted by molar-refractivity contribution is 5.63. The summed E-state index contributed by atoms with van der Waals surface area (Å²) in [5.41, 5.74) is 0. The second-order valence-corrected chi connectivity index (χ2v) is 8.64. The SMILES string of the molecule is O=[C]C(F)(F)C(F)(F)C(F)(F)C(F)(F)C(F)(F)C(F)(F)C(F)(F)C(F)(F)C(F)(F)C(F)(F)C(F)(F)C(F)(F)C(F)(F)C(F)(F)C(F)(F)F. The van der Waals surface area contributed by atoms with E-state index in [1.165, 1.54) is 0 Å². The standard InChI is InChI=1S/C16F31O/c17-2(18,1-48)3(19,20)4(21,22)5(23,24)6(25,26)7(27,28)8(29,30)9(31,32)10(33,34)11(35,36)12(37,38)13(39,40)14(41,42)15(43,44)16(45,46)47. The van der Waals surface area contributed by atoms with E-state index < -0.39 is 95.4 Å². The molecule has 1 nitrogen and oxygen atoms in total. The van der Waals surface area contributed by atoms with Crippen molar-refractivity contribution in [1.82, 2.24) is 0 Å². The van der Waals surface area contributed by atoms with E-state index in [0.29, 0.717) is 0 Å². The molecule has 0 unspecified atom stereocenters. The Hall–Kier alpha value is -2.50. The Morgan fingerprint density at radius 3 is 0.458 bits per heavy atom. The largest absolute Gasteiger partial charge is 0.460 e.